The van der Waals surface area contributed by atoms with Gasteiger partial charge in [-0.3, -0.25) is 0 Å². The molecule has 0 aromatic rings. The lowest BCUT2D eigenvalue weighted by Gasteiger charge is -2.31. The molecule has 1 aliphatic heterocycles. The normalized spacial score (nSPS) is 35.4. The van der Waals surface area contributed by atoms with Crippen LogP contribution in [0.3, 0.4) is 0 Å². The zero-order chi connectivity index (χ0) is 11.6. The Hall–Kier alpha value is -0.0800. The molecule has 0 aromatic heterocycles. The van der Waals surface area contributed by atoms with E-state index >= 15 is 0 Å². The first-order chi connectivity index (χ1) is 7.59. The van der Waals surface area contributed by atoms with E-state index in [9.17, 15) is 0 Å². The topological polar surface area (TPSA) is 29.3 Å². The minimum atomic E-state index is 0.564. The van der Waals surface area contributed by atoms with Crippen molar-refractivity contribution in [3.63, 3.8) is 0 Å². The summed E-state index contributed by atoms with van der Waals surface area (Å²) in [5.74, 6) is 1.78. The van der Waals surface area contributed by atoms with E-state index in [1.165, 1.54) is 51.7 Å². The van der Waals surface area contributed by atoms with Gasteiger partial charge in [-0.2, -0.15) is 0 Å². The Kier molecular flexibility index (Phi) is 3.91. The Balaban J connectivity index is 1.71. The molecule has 0 aromatic carbocycles. The molecule has 2 aliphatic rings. The predicted molar refractivity (Wildman–Crippen MR) is 69.3 cm³/mol. The van der Waals surface area contributed by atoms with Crippen LogP contribution < -0.4 is 5.73 Å². The van der Waals surface area contributed by atoms with Crippen LogP contribution in [0.15, 0.2) is 0 Å². The molecule has 2 rings (SSSR count). The van der Waals surface area contributed by atoms with Crippen molar-refractivity contribution in [2.75, 3.05) is 26.2 Å². The monoisotopic (exact) mass is 224 g/mol. The molecule has 1 aliphatic carbocycles. The summed E-state index contributed by atoms with van der Waals surface area (Å²) in [4.78, 5) is 2.69. The van der Waals surface area contributed by atoms with Crippen LogP contribution in [0.4, 0.5) is 0 Å². The average Bonchev–Trinajstić information content (AvgIpc) is 2.59. The lowest BCUT2D eigenvalue weighted by molar-refractivity contribution is 0.194. The Morgan fingerprint density at radius 3 is 2.25 bits per heavy atom. The summed E-state index contributed by atoms with van der Waals surface area (Å²) in [7, 11) is 0. The summed E-state index contributed by atoms with van der Waals surface area (Å²) in [5, 5.41) is 0. The van der Waals surface area contributed by atoms with Crippen molar-refractivity contribution in [3.05, 3.63) is 0 Å². The zero-order valence-corrected chi connectivity index (χ0v) is 11.0. The van der Waals surface area contributed by atoms with Gasteiger partial charge in [0.05, 0.1) is 0 Å². The summed E-state index contributed by atoms with van der Waals surface area (Å²) < 4.78 is 0. The maximum Gasteiger partial charge on any atom is 0.00333 e. The first-order valence-electron chi connectivity index (χ1n) is 7.01. The second-order valence-corrected chi connectivity index (χ2v) is 6.77. The minimum absolute atomic E-state index is 0.564. The first-order valence-corrected chi connectivity index (χ1v) is 7.01. The number of rotatable bonds is 3. The lowest BCUT2D eigenvalue weighted by Crippen LogP contribution is -2.32. The second-order valence-electron chi connectivity index (χ2n) is 6.77. The van der Waals surface area contributed by atoms with Gasteiger partial charge in [0.15, 0.2) is 0 Å². The van der Waals surface area contributed by atoms with Crippen LogP contribution in [-0.4, -0.2) is 31.1 Å². The Labute approximate surface area is 101 Å². The van der Waals surface area contributed by atoms with Gasteiger partial charge in [0.2, 0.25) is 0 Å². The van der Waals surface area contributed by atoms with Gasteiger partial charge in [0.25, 0.3) is 0 Å². The number of nitrogens with two attached hydrogens (primary N) is 1. The van der Waals surface area contributed by atoms with Gasteiger partial charge in [-0.15, -0.1) is 0 Å². The zero-order valence-electron chi connectivity index (χ0n) is 11.0. The van der Waals surface area contributed by atoms with Gasteiger partial charge < -0.3 is 10.6 Å². The summed E-state index contributed by atoms with van der Waals surface area (Å²) in [6, 6.07) is 0. The summed E-state index contributed by atoms with van der Waals surface area (Å²) >= 11 is 0. The Morgan fingerprint density at radius 1 is 1.12 bits per heavy atom. The van der Waals surface area contributed by atoms with E-state index in [4.69, 9.17) is 5.73 Å². The smallest absolute Gasteiger partial charge is 0.00333 e. The highest BCUT2D eigenvalue weighted by Crippen LogP contribution is 2.33. The minimum Gasteiger partial charge on any atom is -0.330 e. The molecule has 2 heteroatoms. The fourth-order valence-corrected chi connectivity index (χ4v) is 3.39. The van der Waals surface area contributed by atoms with Crippen LogP contribution in [-0.2, 0) is 0 Å². The van der Waals surface area contributed by atoms with Gasteiger partial charge in [-0.05, 0) is 62.4 Å². The standard InChI is InChI=1S/C14H28N2/c1-14(2)7-8-16(11-14)10-13-5-3-12(9-15)4-6-13/h12-13H,3-11,15H2,1-2H3. The molecule has 0 atom stereocenters. The molecular formula is C14H28N2. The molecule has 0 spiro atoms. The van der Waals surface area contributed by atoms with Gasteiger partial charge >= 0.3 is 0 Å². The molecule has 0 radical (unpaired) electrons. The third kappa shape index (κ3) is 3.21. The highest BCUT2D eigenvalue weighted by atomic mass is 15.2. The van der Waals surface area contributed by atoms with Crippen LogP contribution >= 0.6 is 0 Å². The van der Waals surface area contributed by atoms with Crippen molar-refractivity contribution >= 4 is 0 Å². The maximum absolute atomic E-state index is 5.74. The van der Waals surface area contributed by atoms with Gasteiger partial charge in [0, 0.05) is 13.1 Å². The van der Waals surface area contributed by atoms with Crippen LogP contribution in [0.2, 0.25) is 0 Å². The quantitative estimate of drug-likeness (QED) is 0.798. The summed E-state index contributed by atoms with van der Waals surface area (Å²) in [6.07, 6.45) is 6.96. The number of likely N-dealkylation sites (tertiary alicyclic amines) is 1. The van der Waals surface area contributed by atoms with E-state index < -0.39 is 0 Å². The van der Waals surface area contributed by atoms with E-state index in [-0.39, 0.29) is 0 Å². The second kappa shape index (κ2) is 5.05. The molecular weight excluding hydrogens is 196 g/mol. The van der Waals surface area contributed by atoms with Gasteiger partial charge in [0.1, 0.15) is 0 Å². The van der Waals surface area contributed by atoms with E-state index in [0.29, 0.717) is 5.41 Å². The molecule has 2 fully saturated rings. The predicted octanol–water partition coefficient (Wildman–Crippen LogP) is 2.48. The molecule has 16 heavy (non-hydrogen) atoms. The van der Waals surface area contributed by atoms with Crippen LogP contribution in [0, 0.1) is 17.3 Å². The van der Waals surface area contributed by atoms with Crippen molar-refractivity contribution in [1.82, 2.24) is 4.90 Å². The SMILES string of the molecule is CC1(C)CCN(CC2CCC(CN)CC2)C1. The van der Waals surface area contributed by atoms with Crippen molar-refractivity contribution in [2.24, 2.45) is 23.0 Å². The Morgan fingerprint density at radius 2 is 1.75 bits per heavy atom. The van der Waals surface area contributed by atoms with E-state index in [1.807, 2.05) is 0 Å². The molecule has 2 N–H and O–H groups in total. The van der Waals surface area contributed by atoms with E-state index in [2.05, 4.69) is 18.7 Å². The number of hydrogen-bond donors (Lipinski definition) is 1. The highest BCUT2D eigenvalue weighted by molar-refractivity contribution is 4.84. The molecule has 1 saturated carbocycles. The third-order valence-electron chi connectivity index (χ3n) is 4.57. The van der Waals surface area contributed by atoms with Crippen LogP contribution in [0.1, 0.15) is 46.0 Å². The Bertz CT molecular complexity index is 217. The third-order valence-corrected chi connectivity index (χ3v) is 4.57. The molecule has 1 heterocycles. The number of nitrogens with zero attached hydrogens (tertiary/aromatic N) is 1. The number of hydrogen-bond acceptors (Lipinski definition) is 2. The fourth-order valence-electron chi connectivity index (χ4n) is 3.39. The molecule has 1 saturated heterocycles. The molecule has 2 nitrogen and oxygen atoms in total. The lowest BCUT2D eigenvalue weighted by atomic mass is 9.82. The van der Waals surface area contributed by atoms with Crippen molar-refractivity contribution in [3.8, 4) is 0 Å². The summed E-state index contributed by atoms with van der Waals surface area (Å²) in [6.45, 7) is 9.69. The van der Waals surface area contributed by atoms with Crippen molar-refractivity contribution in [2.45, 2.75) is 46.0 Å². The van der Waals surface area contributed by atoms with Gasteiger partial charge in [-0.25, -0.2) is 0 Å². The fraction of sp³-hybridized carbons (Fsp3) is 1.00. The van der Waals surface area contributed by atoms with Crippen LogP contribution in [0.5, 0.6) is 0 Å². The maximum atomic E-state index is 5.74. The van der Waals surface area contributed by atoms with Crippen LogP contribution in [0.25, 0.3) is 0 Å². The first kappa shape index (κ1) is 12.4. The largest absolute Gasteiger partial charge is 0.330 e. The highest BCUT2D eigenvalue weighted by Gasteiger charge is 2.31. The van der Waals surface area contributed by atoms with Crippen molar-refractivity contribution < 1.29 is 0 Å². The molecule has 0 bridgehead atoms. The molecule has 0 unspecified atom stereocenters. The molecule has 94 valence electrons. The average molecular weight is 224 g/mol. The van der Waals surface area contributed by atoms with E-state index in [1.54, 1.807) is 0 Å². The van der Waals surface area contributed by atoms with Crippen molar-refractivity contribution in [1.29, 1.82) is 0 Å². The molecule has 0 amide bonds. The van der Waals surface area contributed by atoms with Gasteiger partial charge in [-0.1, -0.05) is 13.8 Å². The summed E-state index contributed by atoms with van der Waals surface area (Å²) in [5.41, 5.74) is 6.30. The van der Waals surface area contributed by atoms with E-state index in [0.717, 1.165) is 18.4 Å².